The zero-order chi connectivity index (χ0) is 10.9. The minimum atomic E-state index is -0.796. The van der Waals surface area contributed by atoms with E-state index in [1.54, 1.807) is 18.2 Å². The summed E-state index contributed by atoms with van der Waals surface area (Å²) in [5.41, 5.74) is 6.28. The highest BCUT2D eigenvalue weighted by Gasteiger charge is 2.42. The van der Waals surface area contributed by atoms with Crippen molar-refractivity contribution in [2.45, 2.75) is 11.8 Å². The summed E-state index contributed by atoms with van der Waals surface area (Å²) in [5.74, 6) is -0.780. The molecule has 0 radical (unpaired) electrons. The Morgan fingerprint density at radius 1 is 1.53 bits per heavy atom. The largest absolute Gasteiger partial charge is 0.481 e. The van der Waals surface area contributed by atoms with E-state index >= 15 is 0 Å². The van der Waals surface area contributed by atoms with E-state index in [0.717, 1.165) is 12.1 Å². The molecular formula is C11H14N2O2. The average molecular weight is 206 g/mol. The fraction of sp³-hybridized carbons (Fsp3) is 0.364. The number of hydrogen-bond acceptors (Lipinski definition) is 3. The van der Waals surface area contributed by atoms with Crippen LogP contribution in [0.4, 0.5) is 5.69 Å². The Balaban J connectivity index is 2.45. The number of carboxylic acids is 1. The van der Waals surface area contributed by atoms with Gasteiger partial charge in [-0.25, -0.2) is 0 Å². The van der Waals surface area contributed by atoms with E-state index in [-0.39, 0.29) is 0 Å². The molecule has 1 aromatic rings. The third-order valence-corrected chi connectivity index (χ3v) is 3.00. The molecule has 0 bridgehead atoms. The number of rotatable bonds is 2. The Hall–Kier alpha value is -1.55. The number of carbonyl (C=O) groups is 1. The number of nitrogens with two attached hydrogens (primary N) is 1. The van der Waals surface area contributed by atoms with Gasteiger partial charge in [0.2, 0.25) is 0 Å². The van der Waals surface area contributed by atoms with E-state index in [0.29, 0.717) is 18.7 Å². The molecule has 1 heterocycles. The van der Waals surface area contributed by atoms with Crippen LogP contribution in [0.15, 0.2) is 24.3 Å². The van der Waals surface area contributed by atoms with Crippen molar-refractivity contribution in [2.75, 3.05) is 18.8 Å². The van der Waals surface area contributed by atoms with Gasteiger partial charge in [-0.15, -0.1) is 0 Å². The minimum Gasteiger partial charge on any atom is -0.481 e. The van der Waals surface area contributed by atoms with Crippen molar-refractivity contribution >= 4 is 11.7 Å². The summed E-state index contributed by atoms with van der Waals surface area (Å²) >= 11 is 0. The number of nitrogen functional groups attached to an aromatic ring is 1. The first-order valence-corrected chi connectivity index (χ1v) is 4.95. The molecule has 0 saturated carbocycles. The van der Waals surface area contributed by atoms with E-state index in [1.165, 1.54) is 0 Å². The van der Waals surface area contributed by atoms with Crippen LogP contribution in [-0.2, 0) is 10.2 Å². The molecule has 0 aromatic heterocycles. The number of carboxylic acid groups (broad SMARTS) is 1. The van der Waals surface area contributed by atoms with Gasteiger partial charge in [0.1, 0.15) is 5.41 Å². The SMILES string of the molecule is Nc1cccc(C2(C(=O)O)CCNC2)c1. The van der Waals surface area contributed by atoms with Crippen molar-refractivity contribution in [3.05, 3.63) is 29.8 Å². The number of nitrogens with one attached hydrogen (secondary N) is 1. The van der Waals surface area contributed by atoms with Crippen molar-refractivity contribution in [1.82, 2.24) is 5.32 Å². The Labute approximate surface area is 88.1 Å². The molecule has 4 heteroatoms. The van der Waals surface area contributed by atoms with E-state index in [9.17, 15) is 9.90 Å². The molecular weight excluding hydrogens is 192 g/mol. The van der Waals surface area contributed by atoms with Gasteiger partial charge in [-0.1, -0.05) is 12.1 Å². The number of aliphatic carboxylic acids is 1. The summed E-state index contributed by atoms with van der Waals surface area (Å²) in [7, 11) is 0. The molecule has 0 aliphatic carbocycles. The predicted octanol–water partition coefficient (Wildman–Crippen LogP) is 0.584. The molecule has 1 aliphatic rings. The molecule has 4 nitrogen and oxygen atoms in total. The summed E-state index contributed by atoms with van der Waals surface area (Å²) in [6, 6.07) is 7.15. The van der Waals surface area contributed by atoms with Crippen LogP contribution in [0.3, 0.4) is 0 Å². The Morgan fingerprint density at radius 2 is 2.33 bits per heavy atom. The first kappa shape index (κ1) is 9.98. The van der Waals surface area contributed by atoms with Gasteiger partial charge in [-0.05, 0) is 30.7 Å². The summed E-state index contributed by atoms with van der Waals surface area (Å²) in [4.78, 5) is 11.4. The van der Waals surface area contributed by atoms with Crippen LogP contribution in [-0.4, -0.2) is 24.2 Å². The summed E-state index contributed by atoms with van der Waals surface area (Å²) in [6.45, 7) is 1.22. The molecule has 1 atom stereocenters. The molecule has 0 spiro atoms. The highest BCUT2D eigenvalue weighted by Crippen LogP contribution is 2.31. The summed E-state index contributed by atoms with van der Waals surface area (Å²) in [5, 5.41) is 12.4. The molecule has 1 aliphatic heterocycles. The lowest BCUT2D eigenvalue weighted by Crippen LogP contribution is -2.37. The van der Waals surface area contributed by atoms with Crippen molar-refractivity contribution < 1.29 is 9.90 Å². The standard InChI is InChI=1S/C11H14N2O2/c12-9-3-1-2-8(6-9)11(10(14)15)4-5-13-7-11/h1-3,6,13H,4-5,7,12H2,(H,14,15). The third kappa shape index (κ3) is 1.57. The Bertz CT molecular complexity index is 384. The van der Waals surface area contributed by atoms with Crippen LogP contribution in [0, 0.1) is 0 Å². The van der Waals surface area contributed by atoms with E-state index in [4.69, 9.17) is 5.73 Å². The smallest absolute Gasteiger partial charge is 0.315 e. The van der Waals surface area contributed by atoms with Crippen LogP contribution in [0.5, 0.6) is 0 Å². The quantitative estimate of drug-likeness (QED) is 0.619. The van der Waals surface area contributed by atoms with Crippen molar-refractivity contribution in [3.63, 3.8) is 0 Å². The molecule has 1 saturated heterocycles. The Morgan fingerprint density at radius 3 is 2.87 bits per heavy atom. The maximum atomic E-state index is 11.4. The summed E-state index contributed by atoms with van der Waals surface area (Å²) in [6.07, 6.45) is 0.617. The zero-order valence-corrected chi connectivity index (χ0v) is 8.36. The zero-order valence-electron chi connectivity index (χ0n) is 8.36. The molecule has 2 rings (SSSR count). The van der Waals surface area contributed by atoms with E-state index in [2.05, 4.69) is 5.32 Å². The minimum absolute atomic E-state index is 0.478. The van der Waals surface area contributed by atoms with Crippen LogP contribution in [0.25, 0.3) is 0 Å². The fourth-order valence-corrected chi connectivity index (χ4v) is 2.08. The highest BCUT2D eigenvalue weighted by molar-refractivity contribution is 5.82. The second-order valence-electron chi connectivity index (χ2n) is 3.94. The topological polar surface area (TPSA) is 75.4 Å². The van der Waals surface area contributed by atoms with Gasteiger partial charge < -0.3 is 16.2 Å². The average Bonchev–Trinajstić information content (AvgIpc) is 2.67. The van der Waals surface area contributed by atoms with Gasteiger partial charge in [0.25, 0.3) is 0 Å². The number of anilines is 1. The van der Waals surface area contributed by atoms with E-state index in [1.807, 2.05) is 6.07 Å². The monoisotopic (exact) mass is 206 g/mol. The van der Waals surface area contributed by atoms with Crippen LogP contribution < -0.4 is 11.1 Å². The van der Waals surface area contributed by atoms with Crippen LogP contribution in [0.2, 0.25) is 0 Å². The first-order chi connectivity index (χ1) is 7.15. The van der Waals surface area contributed by atoms with Gasteiger partial charge in [0.15, 0.2) is 0 Å². The maximum Gasteiger partial charge on any atom is 0.315 e. The van der Waals surface area contributed by atoms with Crippen LogP contribution in [0.1, 0.15) is 12.0 Å². The van der Waals surface area contributed by atoms with Gasteiger partial charge in [-0.2, -0.15) is 0 Å². The third-order valence-electron chi connectivity index (χ3n) is 3.00. The predicted molar refractivity (Wildman–Crippen MR) is 57.7 cm³/mol. The van der Waals surface area contributed by atoms with E-state index < -0.39 is 11.4 Å². The lowest BCUT2D eigenvalue weighted by molar-refractivity contribution is -0.143. The molecule has 15 heavy (non-hydrogen) atoms. The number of benzene rings is 1. The molecule has 1 fully saturated rings. The second-order valence-corrected chi connectivity index (χ2v) is 3.94. The molecule has 1 aromatic carbocycles. The lowest BCUT2D eigenvalue weighted by Gasteiger charge is -2.23. The van der Waals surface area contributed by atoms with Crippen molar-refractivity contribution in [2.24, 2.45) is 0 Å². The lowest BCUT2D eigenvalue weighted by atomic mass is 9.79. The molecule has 80 valence electrons. The molecule has 4 N–H and O–H groups in total. The van der Waals surface area contributed by atoms with Gasteiger partial charge >= 0.3 is 5.97 Å². The first-order valence-electron chi connectivity index (χ1n) is 4.95. The highest BCUT2D eigenvalue weighted by atomic mass is 16.4. The maximum absolute atomic E-state index is 11.4. The van der Waals surface area contributed by atoms with Crippen LogP contribution >= 0.6 is 0 Å². The number of hydrogen-bond donors (Lipinski definition) is 3. The molecule has 0 amide bonds. The van der Waals surface area contributed by atoms with Gasteiger partial charge in [0, 0.05) is 12.2 Å². The van der Waals surface area contributed by atoms with Crippen molar-refractivity contribution in [3.8, 4) is 0 Å². The molecule has 1 unspecified atom stereocenters. The summed E-state index contributed by atoms with van der Waals surface area (Å²) < 4.78 is 0. The van der Waals surface area contributed by atoms with Gasteiger partial charge in [-0.3, -0.25) is 4.79 Å². The van der Waals surface area contributed by atoms with Gasteiger partial charge in [0.05, 0.1) is 0 Å². The van der Waals surface area contributed by atoms with Crippen molar-refractivity contribution in [1.29, 1.82) is 0 Å². The second kappa shape index (κ2) is 3.55. The normalized spacial score (nSPS) is 25.3. The fourth-order valence-electron chi connectivity index (χ4n) is 2.08. The Kier molecular flexibility index (Phi) is 2.36.